The van der Waals surface area contributed by atoms with E-state index in [1.165, 1.54) is 13.2 Å². The fraction of sp³-hybridized carbons (Fsp3) is 0.0909. The predicted octanol–water partition coefficient (Wildman–Crippen LogP) is 4.44. The number of nitrogens with one attached hydrogen (secondary N) is 1. The Balaban J connectivity index is 1.80. The van der Waals surface area contributed by atoms with Crippen LogP contribution in [0.3, 0.4) is 0 Å². The number of aromatic hydroxyl groups is 1. The lowest BCUT2D eigenvalue weighted by Crippen LogP contribution is -1.98. The van der Waals surface area contributed by atoms with E-state index in [-0.39, 0.29) is 11.5 Å². The molecule has 0 saturated heterocycles. The van der Waals surface area contributed by atoms with Crippen molar-refractivity contribution in [3.05, 3.63) is 78.0 Å². The molecule has 0 bridgehead atoms. The summed E-state index contributed by atoms with van der Waals surface area (Å²) in [6, 6.07) is 15.3. The third-order valence-electron chi connectivity index (χ3n) is 4.05. The molecular formula is C22H20N2O4. The Labute approximate surface area is 163 Å². The van der Waals surface area contributed by atoms with Crippen molar-refractivity contribution < 1.29 is 19.4 Å². The molecule has 1 heterocycles. The van der Waals surface area contributed by atoms with Crippen LogP contribution in [0.2, 0.25) is 0 Å². The Bertz CT molecular complexity index is 998. The Morgan fingerprint density at radius 1 is 1.04 bits per heavy atom. The highest BCUT2D eigenvalue weighted by atomic mass is 16.5. The number of methoxy groups -OCH3 is 2. The molecule has 2 aromatic carbocycles. The van der Waals surface area contributed by atoms with Gasteiger partial charge in [-0.1, -0.05) is 0 Å². The van der Waals surface area contributed by atoms with Crippen LogP contribution in [0, 0.1) is 0 Å². The minimum atomic E-state index is -0.166. The second-order valence-electron chi connectivity index (χ2n) is 5.88. The number of ketones is 1. The highest BCUT2D eigenvalue weighted by Gasteiger charge is 2.09. The Morgan fingerprint density at radius 3 is 2.50 bits per heavy atom. The highest BCUT2D eigenvalue weighted by Crippen LogP contribution is 2.28. The first-order valence-corrected chi connectivity index (χ1v) is 8.56. The molecule has 0 radical (unpaired) electrons. The molecule has 0 aliphatic carbocycles. The van der Waals surface area contributed by atoms with Gasteiger partial charge in [0.25, 0.3) is 0 Å². The maximum Gasteiger partial charge on any atom is 0.185 e. The van der Waals surface area contributed by atoms with Gasteiger partial charge in [0.15, 0.2) is 17.3 Å². The summed E-state index contributed by atoms with van der Waals surface area (Å²) in [5, 5.41) is 12.6. The van der Waals surface area contributed by atoms with Gasteiger partial charge in [0, 0.05) is 23.0 Å². The van der Waals surface area contributed by atoms with Gasteiger partial charge in [0.2, 0.25) is 0 Å². The summed E-state index contributed by atoms with van der Waals surface area (Å²) in [5.74, 6) is 1.69. The molecule has 3 aromatic rings. The van der Waals surface area contributed by atoms with E-state index in [1.807, 2.05) is 6.07 Å². The zero-order valence-corrected chi connectivity index (χ0v) is 15.5. The van der Waals surface area contributed by atoms with Gasteiger partial charge >= 0.3 is 0 Å². The first-order chi connectivity index (χ1) is 13.6. The van der Waals surface area contributed by atoms with Crippen LogP contribution >= 0.6 is 0 Å². The van der Waals surface area contributed by atoms with Crippen LogP contribution in [-0.2, 0) is 0 Å². The Kier molecular flexibility index (Phi) is 5.91. The van der Waals surface area contributed by atoms with E-state index >= 15 is 0 Å². The molecule has 1 aromatic heterocycles. The molecule has 0 spiro atoms. The first kappa shape index (κ1) is 19.0. The molecule has 3 rings (SSSR count). The number of anilines is 2. The van der Waals surface area contributed by atoms with E-state index in [4.69, 9.17) is 9.47 Å². The monoisotopic (exact) mass is 376 g/mol. The molecule has 0 aliphatic heterocycles. The molecule has 28 heavy (non-hydrogen) atoms. The number of pyridine rings is 1. The molecule has 142 valence electrons. The molecule has 0 aliphatic rings. The van der Waals surface area contributed by atoms with E-state index in [2.05, 4.69) is 10.3 Å². The van der Waals surface area contributed by atoms with Gasteiger partial charge in [0.1, 0.15) is 11.6 Å². The minimum Gasteiger partial charge on any atom is -0.508 e. The summed E-state index contributed by atoms with van der Waals surface area (Å²) < 4.78 is 10.4. The summed E-state index contributed by atoms with van der Waals surface area (Å²) in [5.41, 5.74) is 2.02. The van der Waals surface area contributed by atoms with Crippen LogP contribution in [0.5, 0.6) is 17.2 Å². The normalized spacial score (nSPS) is 10.6. The number of allylic oxidation sites excluding steroid dienone is 1. The molecule has 0 amide bonds. The number of benzene rings is 2. The van der Waals surface area contributed by atoms with Crippen LogP contribution in [0.1, 0.15) is 15.9 Å². The van der Waals surface area contributed by atoms with E-state index in [0.29, 0.717) is 22.9 Å². The summed E-state index contributed by atoms with van der Waals surface area (Å²) in [6.07, 6.45) is 4.85. The standard InChI is InChI=1S/C22H20N2O4/c1-27-20-12-6-16(14-21(20)28-2)19(26)11-5-15-4-3-13-23-22(15)24-17-7-9-18(25)10-8-17/h3-14,25H,1-2H3,(H,23,24). The maximum absolute atomic E-state index is 12.5. The second kappa shape index (κ2) is 8.73. The molecular weight excluding hydrogens is 356 g/mol. The molecule has 0 unspecified atom stereocenters. The van der Waals surface area contributed by atoms with E-state index < -0.39 is 0 Å². The van der Waals surface area contributed by atoms with Crippen molar-refractivity contribution in [3.63, 3.8) is 0 Å². The third-order valence-corrected chi connectivity index (χ3v) is 4.05. The number of phenols is 1. The number of ether oxygens (including phenoxy) is 2. The molecule has 0 atom stereocenters. The van der Waals surface area contributed by atoms with Gasteiger partial charge in [-0.2, -0.15) is 0 Å². The molecule has 0 saturated carbocycles. The largest absolute Gasteiger partial charge is 0.508 e. The lowest BCUT2D eigenvalue weighted by Gasteiger charge is -2.09. The number of rotatable bonds is 7. The molecule has 6 nitrogen and oxygen atoms in total. The van der Waals surface area contributed by atoms with E-state index in [0.717, 1.165) is 11.3 Å². The van der Waals surface area contributed by atoms with Crippen molar-refractivity contribution in [1.82, 2.24) is 4.98 Å². The van der Waals surface area contributed by atoms with Crippen molar-refractivity contribution in [1.29, 1.82) is 0 Å². The number of hydrogen-bond acceptors (Lipinski definition) is 6. The number of carbonyl (C=O) groups is 1. The fourth-order valence-electron chi connectivity index (χ4n) is 2.59. The van der Waals surface area contributed by atoms with Crippen molar-refractivity contribution >= 4 is 23.4 Å². The van der Waals surface area contributed by atoms with Crippen molar-refractivity contribution in [2.75, 3.05) is 19.5 Å². The minimum absolute atomic E-state index is 0.166. The van der Waals surface area contributed by atoms with Gasteiger partial charge in [0.05, 0.1) is 14.2 Å². The van der Waals surface area contributed by atoms with Crippen molar-refractivity contribution in [2.24, 2.45) is 0 Å². The summed E-state index contributed by atoms with van der Waals surface area (Å²) in [7, 11) is 3.07. The number of nitrogens with zero attached hydrogens (tertiary/aromatic N) is 1. The van der Waals surface area contributed by atoms with Gasteiger partial charge < -0.3 is 19.9 Å². The van der Waals surface area contributed by atoms with Crippen LogP contribution in [-0.4, -0.2) is 30.1 Å². The quantitative estimate of drug-likeness (QED) is 0.360. The van der Waals surface area contributed by atoms with Gasteiger partial charge in [-0.25, -0.2) is 4.98 Å². The van der Waals surface area contributed by atoms with Crippen LogP contribution in [0.4, 0.5) is 11.5 Å². The summed E-state index contributed by atoms with van der Waals surface area (Å²) in [4.78, 5) is 16.9. The lowest BCUT2D eigenvalue weighted by molar-refractivity contribution is 0.104. The fourth-order valence-corrected chi connectivity index (χ4v) is 2.59. The number of aromatic nitrogens is 1. The average Bonchev–Trinajstić information content (AvgIpc) is 2.74. The molecule has 0 fully saturated rings. The maximum atomic E-state index is 12.5. The van der Waals surface area contributed by atoms with E-state index in [9.17, 15) is 9.90 Å². The van der Waals surface area contributed by atoms with Crippen LogP contribution < -0.4 is 14.8 Å². The Morgan fingerprint density at radius 2 is 1.79 bits per heavy atom. The SMILES string of the molecule is COc1ccc(C(=O)C=Cc2cccnc2Nc2ccc(O)cc2)cc1OC. The van der Waals surface area contributed by atoms with E-state index in [1.54, 1.807) is 67.9 Å². The summed E-state index contributed by atoms with van der Waals surface area (Å²) >= 11 is 0. The number of phenolic OH excluding ortho intramolecular Hbond substituents is 1. The van der Waals surface area contributed by atoms with Gasteiger partial charge in [-0.15, -0.1) is 0 Å². The second-order valence-corrected chi connectivity index (χ2v) is 5.88. The van der Waals surface area contributed by atoms with Crippen LogP contribution in [0.15, 0.2) is 66.9 Å². The summed E-state index contributed by atoms with van der Waals surface area (Å²) in [6.45, 7) is 0. The first-order valence-electron chi connectivity index (χ1n) is 8.56. The molecule has 2 N–H and O–H groups in total. The Hall–Kier alpha value is -3.80. The highest BCUT2D eigenvalue weighted by molar-refractivity contribution is 6.07. The predicted molar refractivity (Wildman–Crippen MR) is 109 cm³/mol. The van der Waals surface area contributed by atoms with Gasteiger partial charge in [-0.3, -0.25) is 4.79 Å². The third kappa shape index (κ3) is 4.48. The number of hydrogen-bond donors (Lipinski definition) is 2. The van der Waals surface area contributed by atoms with Crippen molar-refractivity contribution in [3.8, 4) is 17.2 Å². The van der Waals surface area contributed by atoms with Crippen LogP contribution in [0.25, 0.3) is 6.08 Å². The zero-order chi connectivity index (χ0) is 19.9. The van der Waals surface area contributed by atoms with Gasteiger partial charge in [-0.05, 0) is 66.7 Å². The molecule has 6 heteroatoms. The smallest absolute Gasteiger partial charge is 0.185 e. The zero-order valence-electron chi connectivity index (χ0n) is 15.5. The van der Waals surface area contributed by atoms with Crippen molar-refractivity contribution in [2.45, 2.75) is 0 Å². The average molecular weight is 376 g/mol. The number of carbonyl (C=O) groups excluding carboxylic acids is 1. The topological polar surface area (TPSA) is 80.7 Å². The lowest BCUT2D eigenvalue weighted by atomic mass is 10.1.